The van der Waals surface area contributed by atoms with Crippen molar-refractivity contribution in [2.24, 2.45) is 0 Å². The summed E-state index contributed by atoms with van der Waals surface area (Å²) in [7, 11) is 0. The maximum absolute atomic E-state index is 12.5. The largest absolute Gasteiger partial charge is 0.507 e. The number of alkyl halides is 3. The number of aromatic nitrogens is 5. The molecule has 0 radical (unpaired) electrons. The molecule has 0 aliphatic rings. The van der Waals surface area contributed by atoms with Crippen molar-refractivity contribution in [3.8, 4) is 17.1 Å². The van der Waals surface area contributed by atoms with Gasteiger partial charge in [0.2, 0.25) is 16.0 Å². The van der Waals surface area contributed by atoms with Crippen LogP contribution in [-0.4, -0.2) is 41.7 Å². The number of carbonyl (C=O) groups is 1. The Morgan fingerprint density at radius 2 is 2.00 bits per heavy atom. The van der Waals surface area contributed by atoms with Crippen LogP contribution in [0.15, 0.2) is 29.4 Å². The number of amides is 1. The van der Waals surface area contributed by atoms with E-state index in [1.807, 2.05) is 6.92 Å². The summed E-state index contributed by atoms with van der Waals surface area (Å²) in [5.74, 6) is -0.164. The molecule has 2 heterocycles. The van der Waals surface area contributed by atoms with Gasteiger partial charge in [-0.25, -0.2) is 0 Å². The Labute approximate surface area is 164 Å². The van der Waals surface area contributed by atoms with Gasteiger partial charge in [-0.1, -0.05) is 35.2 Å². The first kappa shape index (κ1) is 20.1. The van der Waals surface area contributed by atoms with Gasteiger partial charge in [-0.3, -0.25) is 10.1 Å². The molecule has 2 N–H and O–H groups in total. The molecule has 3 rings (SSSR count). The number of para-hydroxylation sites is 1. The second kappa shape index (κ2) is 8.14. The van der Waals surface area contributed by atoms with E-state index >= 15 is 0 Å². The Morgan fingerprint density at radius 1 is 1.25 bits per heavy atom. The first-order valence-corrected chi connectivity index (χ1v) is 9.64. The fourth-order valence-electron chi connectivity index (χ4n) is 2.22. The van der Waals surface area contributed by atoms with Crippen LogP contribution < -0.4 is 5.32 Å². The Morgan fingerprint density at radius 3 is 2.64 bits per heavy atom. The zero-order chi connectivity index (χ0) is 20.3. The molecule has 2 aromatic heterocycles. The van der Waals surface area contributed by atoms with E-state index in [1.165, 1.54) is 6.07 Å². The van der Waals surface area contributed by atoms with Crippen LogP contribution in [0.1, 0.15) is 11.9 Å². The van der Waals surface area contributed by atoms with Gasteiger partial charge in [0, 0.05) is 6.54 Å². The van der Waals surface area contributed by atoms with Crippen molar-refractivity contribution < 1.29 is 23.1 Å². The number of aromatic hydroxyl groups is 1. The van der Waals surface area contributed by atoms with Crippen LogP contribution in [0.2, 0.25) is 0 Å². The fourth-order valence-corrected chi connectivity index (χ4v) is 3.65. The summed E-state index contributed by atoms with van der Waals surface area (Å²) in [6.07, 6.45) is -4.60. The van der Waals surface area contributed by atoms with E-state index in [9.17, 15) is 23.1 Å². The Hall–Kier alpha value is -2.67. The van der Waals surface area contributed by atoms with E-state index in [1.54, 1.807) is 22.8 Å². The van der Waals surface area contributed by atoms with Crippen molar-refractivity contribution in [1.29, 1.82) is 0 Å². The minimum absolute atomic E-state index is 0.0515. The molecule has 0 spiro atoms. The monoisotopic (exact) mass is 430 g/mol. The normalized spacial score (nSPS) is 11.6. The van der Waals surface area contributed by atoms with Crippen LogP contribution in [0.25, 0.3) is 11.4 Å². The maximum atomic E-state index is 12.5. The topological polar surface area (TPSA) is 106 Å². The predicted octanol–water partition coefficient (Wildman–Crippen LogP) is 3.27. The number of phenolic OH excluding ortho intramolecular Hbond substituents is 1. The van der Waals surface area contributed by atoms with Crippen molar-refractivity contribution in [1.82, 2.24) is 25.0 Å². The lowest BCUT2D eigenvalue weighted by molar-refractivity contribution is -0.138. The third-order valence-corrected chi connectivity index (χ3v) is 5.27. The summed E-state index contributed by atoms with van der Waals surface area (Å²) in [6, 6.07) is 6.66. The number of nitrogens with one attached hydrogen (secondary N) is 1. The average molecular weight is 430 g/mol. The highest BCUT2D eigenvalue weighted by atomic mass is 32.2. The lowest BCUT2D eigenvalue weighted by Crippen LogP contribution is -2.14. The summed E-state index contributed by atoms with van der Waals surface area (Å²) in [5, 5.41) is 25.8. The zero-order valence-corrected chi connectivity index (χ0v) is 15.9. The number of hydrogen-bond donors (Lipinski definition) is 2. The molecular weight excluding hydrogens is 417 g/mol. The number of hydrogen-bond acceptors (Lipinski definition) is 8. The summed E-state index contributed by atoms with van der Waals surface area (Å²) >= 11 is 1.31. The number of rotatable bonds is 6. The molecule has 8 nitrogen and oxygen atoms in total. The van der Waals surface area contributed by atoms with Gasteiger partial charge in [-0.15, -0.1) is 20.4 Å². The molecule has 0 fully saturated rings. The molecule has 148 valence electrons. The minimum atomic E-state index is -4.60. The smallest absolute Gasteiger partial charge is 0.445 e. The maximum Gasteiger partial charge on any atom is 0.445 e. The summed E-state index contributed by atoms with van der Waals surface area (Å²) in [4.78, 5) is 12.0. The van der Waals surface area contributed by atoms with Gasteiger partial charge in [0.05, 0.1) is 11.3 Å². The van der Waals surface area contributed by atoms with Crippen molar-refractivity contribution in [2.75, 3.05) is 11.1 Å². The molecule has 0 aliphatic heterocycles. The van der Waals surface area contributed by atoms with E-state index < -0.39 is 17.1 Å². The molecule has 0 aliphatic carbocycles. The van der Waals surface area contributed by atoms with Gasteiger partial charge in [0.1, 0.15) is 5.75 Å². The molecule has 0 bridgehead atoms. The van der Waals surface area contributed by atoms with Crippen molar-refractivity contribution in [3.63, 3.8) is 0 Å². The van der Waals surface area contributed by atoms with Gasteiger partial charge in [0.25, 0.3) is 0 Å². The van der Waals surface area contributed by atoms with Gasteiger partial charge in [0.15, 0.2) is 11.0 Å². The second-order valence-corrected chi connectivity index (χ2v) is 7.23. The first-order chi connectivity index (χ1) is 13.3. The van der Waals surface area contributed by atoms with Crippen LogP contribution in [0.4, 0.5) is 18.3 Å². The van der Waals surface area contributed by atoms with Crippen molar-refractivity contribution >= 4 is 34.1 Å². The lowest BCUT2D eigenvalue weighted by atomic mass is 10.2. The molecule has 0 unspecified atom stereocenters. The van der Waals surface area contributed by atoms with E-state index in [0.29, 0.717) is 23.1 Å². The molecular formula is C15H13F3N6O2S2. The number of halogens is 3. The molecule has 1 amide bonds. The lowest BCUT2D eigenvalue weighted by Gasteiger charge is -2.08. The van der Waals surface area contributed by atoms with Crippen molar-refractivity contribution in [2.45, 2.75) is 24.8 Å². The van der Waals surface area contributed by atoms with Gasteiger partial charge in [-0.05, 0) is 19.1 Å². The summed E-state index contributed by atoms with van der Waals surface area (Å²) in [6.45, 7) is 2.35. The Balaban J connectivity index is 1.67. The fraction of sp³-hybridized carbons (Fsp3) is 0.267. The van der Waals surface area contributed by atoms with E-state index in [0.717, 1.165) is 11.8 Å². The molecule has 0 saturated heterocycles. The minimum Gasteiger partial charge on any atom is -0.507 e. The highest BCUT2D eigenvalue weighted by Gasteiger charge is 2.35. The van der Waals surface area contributed by atoms with Crippen LogP contribution in [-0.2, 0) is 17.5 Å². The SMILES string of the molecule is CCn1c(SCC(=O)Nc2nnc(C(F)(F)F)s2)nnc1-c1ccccc1O. The number of thioether (sulfide) groups is 1. The van der Waals surface area contributed by atoms with Crippen LogP contribution >= 0.6 is 23.1 Å². The highest BCUT2D eigenvalue weighted by Crippen LogP contribution is 2.33. The van der Waals surface area contributed by atoms with Crippen LogP contribution in [0.3, 0.4) is 0 Å². The number of benzene rings is 1. The number of phenols is 1. The molecule has 0 atom stereocenters. The summed E-state index contributed by atoms with van der Waals surface area (Å²) < 4.78 is 39.3. The highest BCUT2D eigenvalue weighted by molar-refractivity contribution is 7.99. The third kappa shape index (κ3) is 4.42. The zero-order valence-electron chi connectivity index (χ0n) is 14.3. The molecule has 3 aromatic rings. The predicted molar refractivity (Wildman–Crippen MR) is 97.1 cm³/mol. The van der Waals surface area contributed by atoms with Gasteiger partial charge in [-0.2, -0.15) is 13.2 Å². The molecule has 1 aromatic carbocycles. The van der Waals surface area contributed by atoms with Crippen LogP contribution in [0, 0.1) is 0 Å². The van der Waals surface area contributed by atoms with Crippen LogP contribution in [0.5, 0.6) is 5.75 Å². The first-order valence-electron chi connectivity index (χ1n) is 7.84. The Kier molecular flexibility index (Phi) is 5.84. The second-order valence-electron chi connectivity index (χ2n) is 5.31. The number of nitrogens with zero attached hydrogens (tertiary/aromatic N) is 5. The van der Waals surface area contributed by atoms with E-state index in [4.69, 9.17) is 0 Å². The van der Waals surface area contributed by atoms with Gasteiger partial charge >= 0.3 is 6.18 Å². The number of anilines is 1. The summed E-state index contributed by atoms with van der Waals surface area (Å²) in [5.41, 5.74) is 0.502. The molecule has 0 saturated carbocycles. The third-order valence-electron chi connectivity index (χ3n) is 3.42. The van der Waals surface area contributed by atoms with E-state index in [2.05, 4.69) is 25.7 Å². The molecule has 13 heteroatoms. The van der Waals surface area contributed by atoms with Crippen molar-refractivity contribution in [3.05, 3.63) is 29.3 Å². The standard InChI is InChI=1S/C15H13F3N6O2S2/c1-2-24-11(8-5-3-4-6-9(8)25)20-23-14(24)27-7-10(26)19-13-22-21-12(28-13)15(16,17)18/h3-6,25H,2,7H2,1H3,(H,19,22,26). The number of carbonyl (C=O) groups excluding carboxylic acids is 1. The quantitative estimate of drug-likeness (QED) is 0.578. The van der Waals surface area contributed by atoms with Gasteiger partial charge < -0.3 is 9.67 Å². The Bertz CT molecular complexity index is 988. The average Bonchev–Trinajstić information content (AvgIpc) is 3.26. The molecule has 28 heavy (non-hydrogen) atoms. The van der Waals surface area contributed by atoms with E-state index in [-0.39, 0.29) is 28.0 Å².